The van der Waals surface area contributed by atoms with E-state index in [4.69, 9.17) is 9.47 Å². The van der Waals surface area contributed by atoms with Crippen molar-refractivity contribution in [2.75, 3.05) is 32.6 Å². The maximum Gasteiger partial charge on any atom is 0.413 e. The third kappa shape index (κ3) is 3.58. The first-order valence-electron chi connectivity index (χ1n) is 7.68. The van der Waals surface area contributed by atoms with Gasteiger partial charge in [-0.15, -0.1) is 0 Å². The van der Waals surface area contributed by atoms with E-state index in [0.29, 0.717) is 13.0 Å². The maximum atomic E-state index is 12.0. The predicted molar refractivity (Wildman–Crippen MR) is 83.8 cm³/mol. The fourth-order valence-corrected chi connectivity index (χ4v) is 2.99. The molecule has 2 aliphatic rings. The molecule has 1 amide bonds. The van der Waals surface area contributed by atoms with Gasteiger partial charge in [-0.3, -0.25) is 10.6 Å². The van der Waals surface area contributed by atoms with E-state index in [1.54, 1.807) is 7.11 Å². The topological polar surface area (TPSA) is 62.8 Å². The number of nitrogens with one attached hydrogen (secondary N) is 2. The number of methoxy groups -OCH3 is 1. The van der Waals surface area contributed by atoms with Crippen LogP contribution in [0.4, 0.5) is 10.5 Å². The molecular weight excluding hydrogens is 282 g/mol. The van der Waals surface area contributed by atoms with Crippen LogP contribution in [0.3, 0.4) is 0 Å². The summed E-state index contributed by atoms with van der Waals surface area (Å²) in [7, 11) is 3.79. The van der Waals surface area contributed by atoms with E-state index < -0.39 is 6.09 Å². The van der Waals surface area contributed by atoms with Crippen LogP contribution in [0, 0.1) is 0 Å². The van der Waals surface area contributed by atoms with Gasteiger partial charge in [0.1, 0.15) is 0 Å². The van der Waals surface area contributed by atoms with Gasteiger partial charge >= 0.3 is 6.09 Å². The summed E-state index contributed by atoms with van der Waals surface area (Å²) in [6.07, 6.45) is 1.09. The molecule has 0 bridgehead atoms. The van der Waals surface area contributed by atoms with Crippen molar-refractivity contribution in [3.8, 4) is 0 Å². The summed E-state index contributed by atoms with van der Waals surface area (Å²) in [5.41, 5.74) is 3.41. The number of ether oxygens (including phenoxy) is 2. The van der Waals surface area contributed by atoms with Gasteiger partial charge in [0.05, 0.1) is 6.10 Å². The molecule has 6 heteroatoms. The summed E-state index contributed by atoms with van der Waals surface area (Å²) >= 11 is 0. The van der Waals surface area contributed by atoms with E-state index in [9.17, 15) is 4.79 Å². The molecule has 0 aromatic heterocycles. The van der Waals surface area contributed by atoms with E-state index >= 15 is 0 Å². The largest absolute Gasteiger partial charge is 0.430 e. The molecule has 0 aliphatic carbocycles. The van der Waals surface area contributed by atoms with Crippen molar-refractivity contribution in [1.29, 1.82) is 0 Å². The Labute approximate surface area is 130 Å². The number of fused-ring (bicyclic) bond motifs is 1. The Morgan fingerprint density at radius 2 is 2.27 bits per heavy atom. The summed E-state index contributed by atoms with van der Waals surface area (Å²) in [5, 5.41) is 5.92. The fraction of sp³-hybridized carbons (Fsp3) is 0.562. The van der Waals surface area contributed by atoms with E-state index in [1.165, 1.54) is 11.1 Å². The first kappa shape index (κ1) is 15.3. The average molecular weight is 305 g/mol. The first-order chi connectivity index (χ1) is 10.6. The number of hydrogen-bond donors (Lipinski definition) is 2. The lowest BCUT2D eigenvalue weighted by Crippen LogP contribution is -2.30. The van der Waals surface area contributed by atoms with Crippen molar-refractivity contribution in [2.45, 2.75) is 31.7 Å². The molecule has 1 fully saturated rings. The molecule has 2 atom stereocenters. The molecule has 2 N–H and O–H groups in total. The molecule has 0 radical (unpaired) electrons. The van der Waals surface area contributed by atoms with Crippen LogP contribution in [0.5, 0.6) is 0 Å². The lowest BCUT2D eigenvalue weighted by Gasteiger charge is -2.25. The van der Waals surface area contributed by atoms with Gasteiger partial charge in [0.15, 0.2) is 6.23 Å². The monoisotopic (exact) mass is 305 g/mol. The fourth-order valence-electron chi connectivity index (χ4n) is 2.99. The molecule has 1 aromatic rings. The van der Waals surface area contributed by atoms with Crippen LogP contribution in [0.15, 0.2) is 18.2 Å². The number of carbonyl (C=O) groups is 1. The van der Waals surface area contributed by atoms with Gasteiger partial charge in [0, 0.05) is 38.9 Å². The van der Waals surface area contributed by atoms with Gasteiger partial charge in [-0.05, 0) is 36.7 Å². The standard InChI is InChI=1S/C16H23N3O3/c1-19-6-5-11-7-13(4-3-12(11)10-19)18-16(20)22-15-8-14(21-2)9-17-15/h3-4,7,14-15,17H,5-6,8-10H2,1-2H3,(H,18,20)/t14-,15-/m1/s1. The van der Waals surface area contributed by atoms with E-state index in [1.807, 2.05) is 12.1 Å². The molecule has 2 heterocycles. The van der Waals surface area contributed by atoms with Gasteiger partial charge in [-0.1, -0.05) is 6.07 Å². The summed E-state index contributed by atoms with van der Waals surface area (Å²) in [6, 6.07) is 6.05. The summed E-state index contributed by atoms with van der Waals surface area (Å²) < 4.78 is 10.6. The minimum Gasteiger partial charge on any atom is -0.430 e. The smallest absolute Gasteiger partial charge is 0.413 e. The van der Waals surface area contributed by atoms with Crippen LogP contribution in [-0.4, -0.2) is 50.6 Å². The summed E-state index contributed by atoms with van der Waals surface area (Å²) in [6.45, 7) is 2.72. The lowest BCUT2D eigenvalue weighted by atomic mass is 9.99. The highest BCUT2D eigenvalue weighted by molar-refractivity contribution is 5.84. The molecule has 0 unspecified atom stereocenters. The third-order valence-corrected chi connectivity index (χ3v) is 4.29. The Kier molecular flexibility index (Phi) is 4.61. The minimum atomic E-state index is -0.429. The summed E-state index contributed by atoms with van der Waals surface area (Å²) in [5.74, 6) is 0. The van der Waals surface area contributed by atoms with Crippen LogP contribution in [-0.2, 0) is 22.4 Å². The minimum absolute atomic E-state index is 0.110. The van der Waals surface area contributed by atoms with Gasteiger partial charge < -0.3 is 14.4 Å². The Bertz CT molecular complexity index is 549. The van der Waals surface area contributed by atoms with Crippen LogP contribution < -0.4 is 10.6 Å². The lowest BCUT2D eigenvalue weighted by molar-refractivity contribution is 0.0767. The zero-order valence-corrected chi connectivity index (χ0v) is 13.1. The Hall–Kier alpha value is -1.63. The van der Waals surface area contributed by atoms with Gasteiger partial charge in [0.2, 0.25) is 0 Å². The number of likely N-dealkylation sites (N-methyl/N-ethyl adjacent to an activating group) is 1. The molecular formula is C16H23N3O3. The van der Waals surface area contributed by atoms with Crippen LogP contribution in [0.2, 0.25) is 0 Å². The molecule has 120 valence electrons. The number of nitrogens with zero attached hydrogens (tertiary/aromatic N) is 1. The van der Waals surface area contributed by atoms with E-state index in [2.05, 4.69) is 28.6 Å². The second-order valence-electron chi connectivity index (χ2n) is 5.99. The van der Waals surface area contributed by atoms with Crippen molar-refractivity contribution in [1.82, 2.24) is 10.2 Å². The first-order valence-corrected chi connectivity index (χ1v) is 7.68. The van der Waals surface area contributed by atoms with Crippen molar-refractivity contribution in [3.63, 3.8) is 0 Å². The number of carbonyl (C=O) groups excluding carboxylic acids is 1. The van der Waals surface area contributed by atoms with Crippen LogP contribution >= 0.6 is 0 Å². The molecule has 2 aliphatic heterocycles. The van der Waals surface area contributed by atoms with Crippen molar-refractivity contribution in [3.05, 3.63) is 29.3 Å². The highest BCUT2D eigenvalue weighted by Crippen LogP contribution is 2.22. The molecule has 3 rings (SSSR count). The number of rotatable bonds is 3. The number of hydrogen-bond acceptors (Lipinski definition) is 5. The molecule has 0 spiro atoms. The second-order valence-corrected chi connectivity index (χ2v) is 5.99. The normalized spacial score (nSPS) is 24.8. The van der Waals surface area contributed by atoms with Gasteiger partial charge in [0.25, 0.3) is 0 Å². The zero-order chi connectivity index (χ0) is 15.5. The molecule has 0 saturated carbocycles. The second kappa shape index (κ2) is 6.64. The van der Waals surface area contributed by atoms with Crippen LogP contribution in [0.1, 0.15) is 17.5 Å². The molecule has 6 nitrogen and oxygen atoms in total. The average Bonchev–Trinajstić information content (AvgIpc) is 2.95. The third-order valence-electron chi connectivity index (χ3n) is 4.29. The van der Waals surface area contributed by atoms with E-state index in [0.717, 1.165) is 25.2 Å². The van der Waals surface area contributed by atoms with Crippen molar-refractivity contribution >= 4 is 11.8 Å². The molecule has 1 saturated heterocycles. The number of amides is 1. The van der Waals surface area contributed by atoms with E-state index in [-0.39, 0.29) is 12.3 Å². The zero-order valence-electron chi connectivity index (χ0n) is 13.1. The van der Waals surface area contributed by atoms with Crippen molar-refractivity contribution < 1.29 is 14.3 Å². The predicted octanol–water partition coefficient (Wildman–Crippen LogP) is 1.56. The quantitative estimate of drug-likeness (QED) is 0.887. The SMILES string of the molecule is CO[C@H]1CN[C@H](OC(=O)Nc2ccc3c(c2)CCN(C)C3)C1. The van der Waals surface area contributed by atoms with Crippen LogP contribution in [0.25, 0.3) is 0 Å². The van der Waals surface area contributed by atoms with Gasteiger partial charge in [-0.2, -0.15) is 0 Å². The Morgan fingerprint density at radius 1 is 1.41 bits per heavy atom. The summed E-state index contributed by atoms with van der Waals surface area (Å²) in [4.78, 5) is 14.3. The highest BCUT2D eigenvalue weighted by Gasteiger charge is 2.26. The molecule has 1 aromatic carbocycles. The Morgan fingerprint density at radius 3 is 3.05 bits per heavy atom. The van der Waals surface area contributed by atoms with Crippen molar-refractivity contribution in [2.24, 2.45) is 0 Å². The highest BCUT2D eigenvalue weighted by atomic mass is 16.6. The Balaban J connectivity index is 1.56. The maximum absolute atomic E-state index is 12.0. The number of benzene rings is 1. The van der Waals surface area contributed by atoms with Gasteiger partial charge in [-0.25, -0.2) is 4.79 Å². The number of anilines is 1. The molecule has 22 heavy (non-hydrogen) atoms.